The zero-order valence-electron chi connectivity index (χ0n) is 10.9. The van der Waals surface area contributed by atoms with Gasteiger partial charge in [0.1, 0.15) is 5.76 Å². The van der Waals surface area contributed by atoms with Crippen LogP contribution in [0.25, 0.3) is 0 Å². The maximum Gasteiger partial charge on any atom is 0.224 e. The van der Waals surface area contributed by atoms with Crippen molar-refractivity contribution in [2.45, 2.75) is 26.8 Å². The molecule has 0 fully saturated rings. The first-order valence-electron chi connectivity index (χ1n) is 6.10. The summed E-state index contributed by atoms with van der Waals surface area (Å²) in [5.74, 6) is 1.22. The number of hydrogen-bond donors (Lipinski definition) is 2. The van der Waals surface area contributed by atoms with Crippen molar-refractivity contribution in [3.8, 4) is 0 Å². The highest BCUT2D eigenvalue weighted by molar-refractivity contribution is 5.40. The van der Waals surface area contributed by atoms with E-state index in [0.717, 1.165) is 19.2 Å². The summed E-state index contributed by atoms with van der Waals surface area (Å²) in [5.41, 5.74) is 0. The van der Waals surface area contributed by atoms with Gasteiger partial charge in [0.05, 0.1) is 18.9 Å². The fraction of sp³-hybridized carbons (Fsp3) is 0.417. The quantitative estimate of drug-likeness (QED) is 0.835. The summed E-state index contributed by atoms with van der Waals surface area (Å²) in [6.07, 6.45) is 3.69. The largest absolute Gasteiger partial charge is 0.444 e. The van der Waals surface area contributed by atoms with Crippen LogP contribution in [0.2, 0.25) is 0 Å². The Morgan fingerprint density at radius 3 is 2.79 bits per heavy atom. The molecule has 0 amide bonds. The van der Waals surface area contributed by atoms with Crippen LogP contribution >= 0.6 is 0 Å². The van der Waals surface area contributed by atoms with Gasteiger partial charge in [-0.2, -0.15) is 4.98 Å². The van der Waals surface area contributed by atoms with Gasteiger partial charge < -0.3 is 15.1 Å². The number of hydrogen-bond acceptors (Lipinski definition) is 6. The summed E-state index contributed by atoms with van der Waals surface area (Å²) >= 11 is 0. The second-order valence-electron chi connectivity index (χ2n) is 4.04. The van der Waals surface area contributed by atoms with E-state index in [2.05, 4.69) is 25.6 Å². The van der Waals surface area contributed by atoms with Crippen molar-refractivity contribution in [2.24, 2.45) is 0 Å². The average molecular weight is 265 g/mol. The SMILES string of the molecule is CCCNc1ncc(F)c(NCc2ncc(C)o2)n1. The van der Waals surface area contributed by atoms with Crippen LogP contribution in [-0.2, 0) is 6.54 Å². The molecule has 0 saturated heterocycles. The molecule has 2 aromatic rings. The molecule has 0 spiro atoms. The number of nitrogens with zero attached hydrogens (tertiary/aromatic N) is 3. The summed E-state index contributed by atoms with van der Waals surface area (Å²) in [6, 6.07) is 0. The molecule has 102 valence electrons. The van der Waals surface area contributed by atoms with Gasteiger partial charge in [-0.25, -0.2) is 14.4 Å². The van der Waals surface area contributed by atoms with Crippen LogP contribution in [0, 0.1) is 12.7 Å². The maximum atomic E-state index is 13.5. The van der Waals surface area contributed by atoms with Crippen molar-refractivity contribution < 1.29 is 8.81 Å². The summed E-state index contributed by atoms with van der Waals surface area (Å²) < 4.78 is 18.8. The third-order valence-corrected chi connectivity index (χ3v) is 2.35. The summed E-state index contributed by atoms with van der Waals surface area (Å²) in [6.45, 7) is 4.84. The van der Waals surface area contributed by atoms with E-state index in [0.29, 0.717) is 17.6 Å². The molecule has 2 heterocycles. The number of aromatic nitrogens is 3. The molecular weight excluding hydrogens is 249 g/mol. The predicted molar refractivity (Wildman–Crippen MR) is 69.3 cm³/mol. The molecule has 2 rings (SSSR count). The Labute approximate surface area is 110 Å². The van der Waals surface area contributed by atoms with Crippen LogP contribution < -0.4 is 10.6 Å². The highest BCUT2D eigenvalue weighted by Crippen LogP contribution is 2.13. The number of nitrogens with one attached hydrogen (secondary N) is 2. The van der Waals surface area contributed by atoms with Crippen LogP contribution in [0.1, 0.15) is 25.0 Å². The van der Waals surface area contributed by atoms with E-state index in [4.69, 9.17) is 4.42 Å². The van der Waals surface area contributed by atoms with E-state index < -0.39 is 5.82 Å². The minimum atomic E-state index is -0.509. The highest BCUT2D eigenvalue weighted by atomic mass is 19.1. The average Bonchev–Trinajstić information content (AvgIpc) is 2.82. The first kappa shape index (κ1) is 13.3. The second-order valence-corrected chi connectivity index (χ2v) is 4.04. The third kappa shape index (κ3) is 3.64. The molecule has 0 aliphatic heterocycles. The summed E-state index contributed by atoms with van der Waals surface area (Å²) in [5, 5.41) is 5.83. The molecule has 0 bridgehead atoms. The fourth-order valence-electron chi connectivity index (χ4n) is 1.46. The molecule has 7 heteroatoms. The monoisotopic (exact) mass is 265 g/mol. The third-order valence-electron chi connectivity index (χ3n) is 2.35. The molecule has 2 aromatic heterocycles. The fourth-order valence-corrected chi connectivity index (χ4v) is 1.46. The Bertz CT molecular complexity index is 543. The van der Waals surface area contributed by atoms with Crippen LogP contribution in [0.5, 0.6) is 0 Å². The van der Waals surface area contributed by atoms with Crippen LogP contribution in [0.15, 0.2) is 16.8 Å². The number of rotatable bonds is 6. The Morgan fingerprint density at radius 1 is 1.26 bits per heavy atom. The number of halogens is 1. The van der Waals surface area contributed by atoms with Crippen LogP contribution in [0.4, 0.5) is 16.2 Å². The lowest BCUT2D eigenvalue weighted by Crippen LogP contribution is -2.09. The zero-order valence-corrected chi connectivity index (χ0v) is 10.9. The van der Waals surface area contributed by atoms with Gasteiger partial charge in [0.2, 0.25) is 11.8 Å². The normalized spacial score (nSPS) is 10.5. The molecule has 6 nitrogen and oxygen atoms in total. The van der Waals surface area contributed by atoms with Crippen LogP contribution in [-0.4, -0.2) is 21.5 Å². The Balaban J connectivity index is 2.02. The maximum absolute atomic E-state index is 13.5. The molecule has 0 atom stereocenters. The first-order valence-corrected chi connectivity index (χ1v) is 6.10. The lowest BCUT2D eigenvalue weighted by atomic mass is 10.5. The molecule has 19 heavy (non-hydrogen) atoms. The van der Waals surface area contributed by atoms with E-state index in [1.807, 2.05) is 6.92 Å². The summed E-state index contributed by atoms with van der Waals surface area (Å²) in [7, 11) is 0. The minimum absolute atomic E-state index is 0.129. The van der Waals surface area contributed by atoms with Crippen molar-refractivity contribution in [1.82, 2.24) is 15.0 Å². The van der Waals surface area contributed by atoms with Crippen molar-refractivity contribution in [3.05, 3.63) is 29.9 Å². The van der Waals surface area contributed by atoms with Gasteiger partial charge in [-0.15, -0.1) is 0 Å². The van der Waals surface area contributed by atoms with Crippen LogP contribution in [0.3, 0.4) is 0 Å². The van der Waals surface area contributed by atoms with Gasteiger partial charge in [-0.1, -0.05) is 6.92 Å². The lowest BCUT2D eigenvalue weighted by molar-refractivity contribution is 0.478. The molecule has 0 unspecified atom stereocenters. The van der Waals surface area contributed by atoms with E-state index in [-0.39, 0.29) is 12.4 Å². The second kappa shape index (κ2) is 6.12. The molecule has 0 radical (unpaired) electrons. The number of oxazole rings is 1. The van der Waals surface area contributed by atoms with Crippen molar-refractivity contribution >= 4 is 11.8 Å². The van der Waals surface area contributed by atoms with Crippen molar-refractivity contribution in [2.75, 3.05) is 17.2 Å². The highest BCUT2D eigenvalue weighted by Gasteiger charge is 2.08. The predicted octanol–water partition coefficient (Wildman–Crippen LogP) is 2.35. The van der Waals surface area contributed by atoms with Gasteiger partial charge in [0, 0.05) is 6.54 Å². The van der Waals surface area contributed by atoms with Gasteiger partial charge >= 0.3 is 0 Å². The van der Waals surface area contributed by atoms with Gasteiger partial charge in [-0.05, 0) is 13.3 Å². The molecule has 2 N–H and O–H groups in total. The molecule has 0 aliphatic carbocycles. The zero-order chi connectivity index (χ0) is 13.7. The van der Waals surface area contributed by atoms with E-state index in [1.54, 1.807) is 13.1 Å². The minimum Gasteiger partial charge on any atom is -0.444 e. The molecular formula is C12H16FN5O. The smallest absolute Gasteiger partial charge is 0.224 e. The molecule has 0 saturated carbocycles. The van der Waals surface area contributed by atoms with E-state index in [1.165, 1.54) is 0 Å². The number of aryl methyl sites for hydroxylation is 1. The van der Waals surface area contributed by atoms with E-state index in [9.17, 15) is 4.39 Å². The Kier molecular flexibility index (Phi) is 4.27. The Morgan fingerprint density at radius 2 is 2.11 bits per heavy atom. The van der Waals surface area contributed by atoms with E-state index >= 15 is 0 Å². The van der Waals surface area contributed by atoms with Gasteiger partial charge in [-0.3, -0.25) is 0 Å². The van der Waals surface area contributed by atoms with Crippen molar-refractivity contribution in [1.29, 1.82) is 0 Å². The van der Waals surface area contributed by atoms with Gasteiger partial charge in [0.15, 0.2) is 11.6 Å². The number of anilines is 2. The summed E-state index contributed by atoms with van der Waals surface area (Å²) in [4.78, 5) is 11.9. The van der Waals surface area contributed by atoms with Crippen molar-refractivity contribution in [3.63, 3.8) is 0 Å². The lowest BCUT2D eigenvalue weighted by Gasteiger charge is -2.07. The molecule has 0 aliphatic rings. The standard InChI is InChI=1S/C12H16FN5O/c1-3-4-14-12-17-6-9(13)11(18-12)16-7-10-15-5-8(2)19-10/h5-6H,3-4,7H2,1-2H3,(H2,14,16,17,18). The first-order chi connectivity index (χ1) is 9.19. The topological polar surface area (TPSA) is 75.9 Å². The molecule has 0 aromatic carbocycles. The Hall–Kier alpha value is -2.18. The van der Waals surface area contributed by atoms with Gasteiger partial charge in [0.25, 0.3) is 0 Å².